The van der Waals surface area contributed by atoms with E-state index in [4.69, 9.17) is 14.1 Å². The summed E-state index contributed by atoms with van der Waals surface area (Å²) in [7, 11) is 0. The van der Waals surface area contributed by atoms with Crippen molar-refractivity contribution in [2.75, 3.05) is 6.54 Å². The van der Waals surface area contributed by atoms with E-state index in [2.05, 4.69) is 11.0 Å². The Kier molecular flexibility index (Phi) is 5.12. The van der Waals surface area contributed by atoms with Crippen LogP contribution in [-0.4, -0.2) is 16.6 Å². The van der Waals surface area contributed by atoms with Crippen LogP contribution in [0.15, 0.2) is 69.9 Å². The zero-order valence-electron chi connectivity index (χ0n) is 13.1. The Morgan fingerprint density at radius 3 is 2.00 bits per heavy atom. The lowest BCUT2D eigenvalue weighted by Crippen LogP contribution is -2.27. The molecule has 122 valence electrons. The lowest BCUT2D eigenvalue weighted by molar-refractivity contribution is 0.0961. The molecular formula is C19H18N2O3. The van der Waals surface area contributed by atoms with Crippen LogP contribution in [0.1, 0.15) is 28.8 Å². The molecule has 3 aromatic rings. The molecule has 2 heterocycles. The Bertz CT molecular complexity index is 735. The number of hydrogen-bond acceptors (Lipinski definition) is 5. The summed E-state index contributed by atoms with van der Waals surface area (Å²) in [5.41, 5.74) is 1.35. The fourth-order valence-corrected chi connectivity index (χ4v) is 2.56. The third kappa shape index (κ3) is 4.13. The predicted molar refractivity (Wildman–Crippen MR) is 87.6 cm³/mol. The summed E-state index contributed by atoms with van der Waals surface area (Å²) < 4.78 is 10.8. The Hall–Kier alpha value is -2.81. The fraction of sp³-hybridized carbons (Fsp3) is 0.211. The average molecular weight is 322 g/mol. The molecule has 0 bridgehead atoms. The van der Waals surface area contributed by atoms with E-state index in [1.807, 2.05) is 24.3 Å². The van der Waals surface area contributed by atoms with Crippen molar-refractivity contribution in [1.29, 1.82) is 5.26 Å². The van der Waals surface area contributed by atoms with Crippen molar-refractivity contribution in [3.8, 4) is 6.07 Å². The van der Waals surface area contributed by atoms with Crippen LogP contribution in [0.5, 0.6) is 0 Å². The Morgan fingerprint density at radius 2 is 1.54 bits per heavy atom. The van der Waals surface area contributed by atoms with Gasteiger partial charge in [0.15, 0.2) is 0 Å². The van der Waals surface area contributed by atoms with Crippen LogP contribution in [0.3, 0.4) is 0 Å². The molecule has 1 atom stereocenters. The van der Waals surface area contributed by atoms with Gasteiger partial charge in [0.25, 0.3) is 0 Å². The van der Waals surface area contributed by atoms with Crippen molar-refractivity contribution < 1.29 is 13.9 Å². The first-order valence-electron chi connectivity index (χ1n) is 7.70. The largest absolute Gasteiger partial charge is 0.468 e. The molecule has 1 aromatic carbocycles. The van der Waals surface area contributed by atoms with E-state index in [0.717, 1.165) is 17.1 Å². The van der Waals surface area contributed by atoms with Gasteiger partial charge in [0.1, 0.15) is 11.5 Å². The fourth-order valence-electron chi connectivity index (χ4n) is 2.56. The van der Waals surface area contributed by atoms with Gasteiger partial charge in [-0.15, -0.1) is 0 Å². The second kappa shape index (κ2) is 7.64. The van der Waals surface area contributed by atoms with E-state index in [-0.39, 0.29) is 0 Å². The highest BCUT2D eigenvalue weighted by molar-refractivity contribution is 5.32. The van der Waals surface area contributed by atoms with Gasteiger partial charge < -0.3 is 13.9 Å². The zero-order chi connectivity index (χ0) is 16.8. The lowest BCUT2D eigenvalue weighted by atomic mass is 10.1. The maximum Gasteiger partial charge on any atom is 0.117 e. The van der Waals surface area contributed by atoms with Crippen LogP contribution in [0.4, 0.5) is 0 Å². The molecule has 5 nitrogen and oxygen atoms in total. The maximum absolute atomic E-state index is 10.5. The number of benzene rings is 1. The van der Waals surface area contributed by atoms with Gasteiger partial charge in [0, 0.05) is 6.54 Å². The van der Waals surface area contributed by atoms with E-state index >= 15 is 0 Å². The van der Waals surface area contributed by atoms with Crippen LogP contribution in [0.25, 0.3) is 0 Å². The summed E-state index contributed by atoms with van der Waals surface area (Å²) >= 11 is 0. The minimum atomic E-state index is -0.664. The Labute approximate surface area is 140 Å². The molecule has 0 aliphatic heterocycles. The standard InChI is InChI=1S/C19H18N2O3/c20-11-15-5-7-16(8-6-15)19(22)14-21(12-17-3-1-9-23-17)13-18-4-2-10-24-18/h1-10,19,22H,12-14H2. The highest BCUT2D eigenvalue weighted by Crippen LogP contribution is 2.19. The van der Waals surface area contributed by atoms with Gasteiger partial charge in [0.05, 0.1) is 43.4 Å². The highest BCUT2D eigenvalue weighted by Gasteiger charge is 2.16. The molecule has 3 rings (SSSR count). The van der Waals surface area contributed by atoms with Crippen LogP contribution in [0.2, 0.25) is 0 Å². The van der Waals surface area contributed by atoms with Crippen molar-refractivity contribution in [2.24, 2.45) is 0 Å². The van der Waals surface area contributed by atoms with E-state index in [0.29, 0.717) is 25.2 Å². The second-order valence-electron chi connectivity index (χ2n) is 5.58. The minimum absolute atomic E-state index is 0.424. The molecule has 0 aliphatic carbocycles. The van der Waals surface area contributed by atoms with Crippen molar-refractivity contribution >= 4 is 0 Å². The van der Waals surface area contributed by atoms with Crippen LogP contribution in [0, 0.1) is 11.3 Å². The predicted octanol–water partition coefficient (Wildman–Crippen LogP) is 3.48. The molecule has 0 spiro atoms. The number of rotatable bonds is 7. The van der Waals surface area contributed by atoms with Gasteiger partial charge in [-0.2, -0.15) is 5.26 Å². The summed E-state index contributed by atoms with van der Waals surface area (Å²) in [6.07, 6.45) is 2.61. The first kappa shape index (κ1) is 16.1. The van der Waals surface area contributed by atoms with Crippen LogP contribution < -0.4 is 0 Å². The molecule has 0 amide bonds. The molecule has 0 fully saturated rings. The smallest absolute Gasteiger partial charge is 0.117 e. The van der Waals surface area contributed by atoms with Gasteiger partial charge in [-0.25, -0.2) is 0 Å². The lowest BCUT2D eigenvalue weighted by Gasteiger charge is -2.23. The van der Waals surface area contributed by atoms with Crippen molar-refractivity contribution in [3.05, 3.63) is 83.7 Å². The van der Waals surface area contributed by atoms with Crippen molar-refractivity contribution in [2.45, 2.75) is 19.2 Å². The molecule has 5 heteroatoms. The number of aliphatic hydroxyl groups is 1. The quantitative estimate of drug-likeness (QED) is 0.721. The molecule has 0 saturated heterocycles. The minimum Gasteiger partial charge on any atom is -0.468 e. The van der Waals surface area contributed by atoms with Crippen molar-refractivity contribution in [1.82, 2.24) is 4.90 Å². The molecule has 24 heavy (non-hydrogen) atoms. The number of nitrogens with zero attached hydrogens (tertiary/aromatic N) is 2. The molecule has 0 aliphatic rings. The van der Waals surface area contributed by atoms with Crippen LogP contribution in [-0.2, 0) is 13.1 Å². The third-order valence-electron chi connectivity index (χ3n) is 3.77. The van der Waals surface area contributed by atoms with Gasteiger partial charge in [-0.05, 0) is 42.0 Å². The monoisotopic (exact) mass is 322 g/mol. The van der Waals surface area contributed by atoms with Gasteiger partial charge >= 0.3 is 0 Å². The number of furan rings is 2. The number of nitriles is 1. The van der Waals surface area contributed by atoms with E-state index in [1.165, 1.54) is 0 Å². The highest BCUT2D eigenvalue weighted by atomic mass is 16.3. The van der Waals surface area contributed by atoms with Gasteiger partial charge in [-0.1, -0.05) is 12.1 Å². The topological polar surface area (TPSA) is 73.5 Å². The number of hydrogen-bond donors (Lipinski definition) is 1. The SMILES string of the molecule is N#Cc1ccc(C(O)CN(Cc2ccco2)Cc2ccco2)cc1. The third-order valence-corrected chi connectivity index (χ3v) is 3.77. The second-order valence-corrected chi connectivity index (χ2v) is 5.58. The first-order chi connectivity index (χ1) is 11.7. The van der Waals surface area contributed by atoms with Gasteiger partial charge in [0.2, 0.25) is 0 Å². The van der Waals surface area contributed by atoms with E-state index < -0.39 is 6.10 Å². The summed E-state index contributed by atoms with van der Waals surface area (Å²) in [6, 6.07) is 16.6. The molecular weight excluding hydrogens is 304 g/mol. The normalized spacial score (nSPS) is 12.2. The summed E-state index contributed by atoms with van der Waals surface area (Å²) in [6.45, 7) is 1.56. The summed E-state index contributed by atoms with van der Waals surface area (Å²) in [4.78, 5) is 2.06. The Morgan fingerprint density at radius 1 is 0.958 bits per heavy atom. The summed E-state index contributed by atoms with van der Waals surface area (Å²) in [5.74, 6) is 1.65. The van der Waals surface area contributed by atoms with E-state index in [9.17, 15) is 5.11 Å². The zero-order valence-corrected chi connectivity index (χ0v) is 13.1. The molecule has 0 saturated carbocycles. The van der Waals surface area contributed by atoms with E-state index in [1.54, 1.807) is 36.8 Å². The molecule has 1 N–H and O–H groups in total. The van der Waals surface area contributed by atoms with Crippen LogP contribution >= 0.6 is 0 Å². The van der Waals surface area contributed by atoms with Gasteiger partial charge in [-0.3, -0.25) is 4.90 Å². The maximum atomic E-state index is 10.5. The Balaban J connectivity index is 1.70. The molecule has 0 radical (unpaired) electrons. The molecule has 1 unspecified atom stereocenters. The van der Waals surface area contributed by atoms with Crippen molar-refractivity contribution in [3.63, 3.8) is 0 Å². The number of aliphatic hydroxyl groups excluding tert-OH is 1. The summed E-state index contributed by atoms with van der Waals surface area (Å²) in [5, 5.41) is 19.4. The average Bonchev–Trinajstić information content (AvgIpc) is 3.29. The first-order valence-corrected chi connectivity index (χ1v) is 7.70. The molecule has 2 aromatic heterocycles.